The first kappa shape index (κ1) is 20.2. The molecule has 0 radical (unpaired) electrons. The van der Waals surface area contributed by atoms with Crippen molar-refractivity contribution < 1.29 is 8.81 Å². The van der Waals surface area contributed by atoms with E-state index in [1.165, 1.54) is 12.1 Å². The van der Waals surface area contributed by atoms with Gasteiger partial charge in [0.25, 0.3) is 0 Å². The number of aliphatic imine (C=N–C) groups is 1. The van der Waals surface area contributed by atoms with Crippen LogP contribution in [0.25, 0.3) is 0 Å². The molecule has 0 unspecified atom stereocenters. The minimum Gasteiger partial charge on any atom is -0.469 e. The van der Waals surface area contributed by atoms with Gasteiger partial charge in [-0.2, -0.15) is 0 Å². The quantitative estimate of drug-likeness (QED) is 0.284. The van der Waals surface area contributed by atoms with Crippen LogP contribution in [0.4, 0.5) is 4.39 Å². The van der Waals surface area contributed by atoms with E-state index >= 15 is 0 Å². The summed E-state index contributed by atoms with van der Waals surface area (Å²) in [5, 5.41) is 6.44. The standard InChI is InChI=1S/C18H22FN3O.HI/c1-2-11-20-18(22-13-10-17-4-3-14-23-17)21-12-9-15-5-7-16(19)8-6-15;/h2-8,14H,1,9-13H2,(H2,20,21,22);1H. The van der Waals surface area contributed by atoms with Crippen molar-refractivity contribution in [2.75, 3.05) is 19.6 Å². The lowest BCUT2D eigenvalue weighted by molar-refractivity contribution is 0.510. The average molecular weight is 443 g/mol. The lowest BCUT2D eigenvalue weighted by atomic mass is 10.1. The average Bonchev–Trinajstić information content (AvgIpc) is 3.07. The molecule has 24 heavy (non-hydrogen) atoms. The van der Waals surface area contributed by atoms with Gasteiger partial charge in [-0.3, -0.25) is 4.99 Å². The van der Waals surface area contributed by atoms with E-state index in [0.717, 1.165) is 36.7 Å². The number of furan rings is 1. The molecule has 0 saturated carbocycles. The maximum absolute atomic E-state index is 12.9. The Balaban J connectivity index is 0.00000288. The number of rotatable bonds is 8. The van der Waals surface area contributed by atoms with Crippen LogP contribution in [-0.4, -0.2) is 25.6 Å². The predicted molar refractivity (Wildman–Crippen MR) is 106 cm³/mol. The van der Waals surface area contributed by atoms with Crippen molar-refractivity contribution in [2.24, 2.45) is 4.99 Å². The molecule has 1 heterocycles. The van der Waals surface area contributed by atoms with Crippen molar-refractivity contribution in [3.8, 4) is 0 Å². The van der Waals surface area contributed by atoms with Crippen molar-refractivity contribution in [3.63, 3.8) is 0 Å². The van der Waals surface area contributed by atoms with E-state index in [0.29, 0.717) is 13.1 Å². The molecular weight excluding hydrogens is 420 g/mol. The van der Waals surface area contributed by atoms with Crippen molar-refractivity contribution in [3.05, 3.63) is 72.5 Å². The first-order valence-corrected chi connectivity index (χ1v) is 7.68. The Labute approximate surface area is 159 Å². The smallest absolute Gasteiger partial charge is 0.191 e. The molecule has 0 aliphatic heterocycles. The minimum absolute atomic E-state index is 0. The number of guanidine groups is 1. The lowest BCUT2D eigenvalue weighted by Gasteiger charge is -2.11. The van der Waals surface area contributed by atoms with Crippen molar-refractivity contribution >= 4 is 29.9 Å². The molecule has 2 N–H and O–H groups in total. The molecular formula is C18H23FIN3O. The van der Waals surface area contributed by atoms with Gasteiger partial charge in [-0.1, -0.05) is 18.2 Å². The van der Waals surface area contributed by atoms with Crippen LogP contribution < -0.4 is 10.6 Å². The van der Waals surface area contributed by atoms with Crippen LogP contribution in [-0.2, 0) is 12.8 Å². The van der Waals surface area contributed by atoms with E-state index in [2.05, 4.69) is 22.2 Å². The van der Waals surface area contributed by atoms with Crippen LogP contribution in [0.1, 0.15) is 11.3 Å². The number of hydrogen-bond acceptors (Lipinski definition) is 2. The van der Waals surface area contributed by atoms with E-state index in [1.807, 2.05) is 12.1 Å². The normalized spacial score (nSPS) is 10.8. The molecule has 0 aliphatic carbocycles. The molecule has 2 aromatic rings. The number of nitrogens with one attached hydrogen (secondary N) is 2. The third kappa shape index (κ3) is 7.63. The number of benzene rings is 1. The summed E-state index contributed by atoms with van der Waals surface area (Å²) in [5.74, 6) is 1.44. The number of halogens is 2. The molecule has 1 aromatic carbocycles. The third-order valence-corrected chi connectivity index (χ3v) is 3.24. The summed E-state index contributed by atoms with van der Waals surface area (Å²) in [5.41, 5.74) is 1.08. The van der Waals surface area contributed by atoms with Crippen molar-refractivity contribution in [2.45, 2.75) is 12.8 Å². The van der Waals surface area contributed by atoms with E-state index in [9.17, 15) is 4.39 Å². The molecule has 2 rings (SSSR count). The Morgan fingerprint density at radius 3 is 2.62 bits per heavy atom. The molecule has 1 aromatic heterocycles. The second kappa shape index (κ2) is 11.7. The number of nitrogens with zero attached hydrogens (tertiary/aromatic N) is 1. The van der Waals surface area contributed by atoms with E-state index in [-0.39, 0.29) is 29.8 Å². The van der Waals surface area contributed by atoms with E-state index < -0.39 is 0 Å². The van der Waals surface area contributed by atoms with Crippen LogP contribution in [0.3, 0.4) is 0 Å². The van der Waals surface area contributed by atoms with Gasteiger partial charge in [0.15, 0.2) is 5.96 Å². The van der Waals surface area contributed by atoms with Crippen molar-refractivity contribution in [1.82, 2.24) is 10.6 Å². The van der Waals surface area contributed by atoms with Gasteiger partial charge in [0.2, 0.25) is 0 Å². The number of hydrogen-bond donors (Lipinski definition) is 2. The van der Waals surface area contributed by atoms with Gasteiger partial charge in [0, 0.05) is 26.1 Å². The maximum atomic E-state index is 12.9. The zero-order chi connectivity index (χ0) is 16.3. The van der Waals surface area contributed by atoms with Gasteiger partial charge < -0.3 is 15.1 Å². The summed E-state index contributed by atoms with van der Waals surface area (Å²) in [6, 6.07) is 10.3. The summed E-state index contributed by atoms with van der Waals surface area (Å²) in [6.45, 7) is 5.69. The van der Waals surface area contributed by atoms with Gasteiger partial charge in [-0.05, 0) is 36.2 Å². The summed E-state index contributed by atoms with van der Waals surface area (Å²) in [7, 11) is 0. The topological polar surface area (TPSA) is 49.6 Å². The largest absolute Gasteiger partial charge is 0.469 e. The molecule has 0 amide bonds. The zero-order valence-electron chi connectivity index (χ0n) is 13.5. The van der Waals surface area contributed by atoms with Gasteiger partial charge in [0.05, 0.1) is 6.26 Å². The van der Waals surface area contributed by atoms with E-state index in [1.54, 1.807) is 24.5 Å². The first-order chi connectivity index (χ1) is 11.3. The Bertz CT molecular complexity index is 612. The van der Waals surface area contributed by atoms with Crippen LogP contribution in [0.15, 0.2) is 64.7 Å². The third-order valence-electron chi connectivity index (χ3n) is 3.24. The van der Waals surface area contributed by atoms with Crippen LogP contribution in [0.5, 0.6) is 0 Å². The maximum Gasteiger partial charge on any atom is 0.191 e. The monoisotopic (exact) mass is 443 g/mol. The van der Waals surface area contributed by atoms with Crippen LogP contribution in [0, 0.1) is 5.82 Å². The minimum atomic E-state index is -0.213. The molecule has 6 heteroatoms. The summed E-state index contributed by atoms with van der Waals surface area (Å²) >= 11 is 0. The lowest BCUT2D eigenvalue weighted by Crippen LogP contribution is -2.38. The highest BCUT2D eigenvalue weighted by Gasteiger charge is 2.00. The molecule has 0 spiro atoms. The first-order valence-electron chi connectivity index (χ1n) is 7.68. The Morgan fingerprint density at radius 1 is 1.17 bits per heavy atom. The highest BCUT2D eigenvalue weighted by atomic mass is 127. The van der Waals surface area contributed by atoms with E-state index in [4.69, 9.17) is 4.42 Å². The fourth-order valence-electron chi connectivity index (χ4n) is 2.05. The van der Waals surface area contributed by atoms with Gasteiger partial charge in [0.1, 0.15) is 11.6 Å². The van der Waals surface area contributed by atoms with Gasteiger partial charge >= 0.3 is 0 Å². The summed E-state index contributed by atoms with van der Waals surface area (Å²) in [4.78, 5) is 4.51. The molecule has 0 bridgehead atoms. The second-order valence-electron chi connectivity index (χ2n) is 5.03. The fourth-order valence-corrected chi connectivity index (χ4v) is 2.05. The predicted octanol–water partition coefficient (Wildman–Crippen LogP) is 3.54. The Kier molecular flexibility index (Phi) is 9.83. The van der Waals surface area contributed by atoms with Gasteiger partial charge in [-0.15, -0.1) is 30.6 Å². The Morgan fingerprint density at radius 2 is 1.96 bits per heavy atom. The molecule has 0 fully saturated rings. The summed E-state index contributed by atoms with van der Waals surface area (Å²) < 4.78 is 18.2. The molecule has 0 aliphatic rings. The fraction of sp³-hybridized carbons (Fsp3) is 0.278. The SMILES string of the molecule is C=CCNC(=NCCc1ccco1)NCCc1ccc(F)cc1.I. The highest BCUT2D eigenvalue weighted by molar-refractivity contribution is 14.0. The Hall–Kier alpha value is -1.83. The molecule has 0 saturated heterocycles. The van der Waals surface area contributed by atoms with Gasteiger partial charge in [-0.25, -0.2) is 4.39 Å². The van der Waals surface area contributed by atoms with Crippen LogP contribution >= 0.6 is 24.0 Å². The molecule has 0 atom stereocenters. The summed E-state index contributed by atoms with van der Waals surface area (Å²) in [6.07, 6.45) is 5.00. The van der Waals surface area contributed by atoms with Crippen molar-refractivity contribution in [1.29, 1.82) is 0 Å². The molecule has 130 valence electrons. The highest BCUT2D eigenvalue weighted by Crippen LogP contribution is 2.03. The molecule has 4 nitrogen and oxygen atoms in total. The second-order valence-corrected chi connectivity index (χ2v) is 5.03. The zero-order valence-corrected chi connectivity index (χ0v) is 15.8. The van der Waals surface area contributed by atoms with Crippen LogP contribution in [0.2, 0.25) is 0 Å².